The van der Waals surface area contributed by atoms with Crippen LogP contribution in [0.2, 0.25) is 0 Å². The van der Waals surface area contributed by atoms with Crippen molar-refractivity contribution in [1.29, 1.82) is 0 Å². The van der Waals surface area contributed by atoms with Gasteiger partial charge in [-0.25, -0.2) is 0 Å². The van der Waals surface area contributed by atoms with Gasteiger partial charge in [-0.3, -0.25) is 4.90 Å². The summed E-state index contributed by atoms with van der Waals surface area (Å²) in [5.74, 6) is 0. The SMILES string of the molecule is CCC(C)(C=O)CN1CCCN(C)CC1C. The van der Waals surface area contributed by atoms with Crippen LogP contribution in [0.3, 0.4) is 0 Å². The molecule has 0 N–H and O–H groups in total. The number of hydrogen-bond acceptors (Lipinski definition) is 3. The minimum absolute atomic E-state index is 0.169. The summed E-state index contributed by atoms with van der Waals surface area (Å²) >= 11 is 0. The predicted molar refractivity (Wildman–Crippen MR) is 67.6 cm³/mol. The molecule has 1 heterocycles. The molecular formula is C13H26N2O. The first-order chi connectivity index (χ1) is 7.50. The van der Waals surface area contributed by atoms with E-state index >= 15 is 0 Å². The van der Waals surface area contributed by atoms with Gasteiger partial charge in [-0.15, -0.1) is 0 Å². The molecular weight excluding hydrogens is 200 g/mol. The Morgan fingerprint density at radius 1 is 1.44 bits per heavy atom. The molecule has 0 bridgehead atoms. The van der Waals surface area contributed by atoms with Crippen molar-refractivity contribution in [3.63, 3.8) is 0 Å². The number of aldehydes is 1. The zero-order chi connectivity index (χ0) is 12.2. The lowest BCUT2D eigenvalue weighted by Crippen LogP contribution is -2.44. The molecule has 3 nitrogen and oxygen atoms in total. The molecule has 0 aromatic heterocycles. The van der Waals surface area contributed by atoms with Crippen LogP contribution in [0.15, 0.2) is 0 Å². The van der Waals surface area contributed by atoms with Crippen LogP contribution >= 0.6 is 0 Å². The quantitative estimate of drug-likeness (QED) is 0.681. The molecule has 2 atom stereocenters. The average Bonchev–Trinajstić information content (AvgIpc) is 2.41. The Morgan fingerprint density at radius 3 is 2.69 bits per heavy atom. The van der Waals surface area contributed by atoms with Gasteiger partial charge >= 0.3 is 0 Å². The van der Waals surface area contributed by atoms with Crippen LogP contribution in [0, 0.1) is 5.41 Å². The summed E-state index contributed by atoms with van der Waals surface area (Å²) in [4.78, 5) is 16.0. The van der Waals surface area contributed by atoms with Gasteiger partial charge in [-0.1, -0.05) is 13.8 Å². The van der Waals surface area contributed by atoms with E-state index in [1.54, 1.807) is 0 Å². The van der Waals surface area contributed by atoms with Crippen molar-refractivity contribution < 1.29 is 4.79 Å². The zero-order valence-electron chi connectivity index (χ0n) is 11.2. The summed E-state index contributed by atoms with van der Waals surface area (Å²) in [5, 5.41) is 0. The number of rotatable bonds is 4. The Labute approximate surface area is 99.8 Å². The Bertz CT molecular complexity index is 232. The molecule has 0 radical (unpaired) electrons. The molecule has 0 saturated carbocycles. The van der Waals surface area contributed by atoms with Gasteiger partial charge in [0.25, 0.3) is 0 Å². The number of likely N-dealkylation sites (N-methyl/N-ethyl adjacent to an activating group) is 1. The van der Waals surface area contributed by atoms with E-state index in [1.165, 1.54) is 13.0 Å². The first-order valence-electron chi connectivity index (χ1n) is 6.39. The lowest BCUT2D eigenvalue weighted by atomic mass is 9.88. The summed E-state index contributed by atoms with van der Waals surface area (Å²) in [6, 6.07) is 0.554. The standard InChI is InChI=1S/C13H26N2O/c1-5-13(3,11-16)10-15-8-6-7-14(4)9-12(15)2/h11-12H,5-10H2,1-4H3. The first kappa shape index (κ1) is 13.7. The van der Waals surface area contributed by atoms with Gasteiger partial charge in [0, 0.05) is 24.5 Å². The fourth-order valence-electron chi connectivity index (χ4n) is 2.35. The number of carbonyl (C=O) groups excluding carboxylic acids is 1. The fraction of sp³-hybridized carbons (Fsp3) is 0.923. The molecule has 1 aliphatic heterocycles. The Hall–Kier alpha value is -0.410. The highest BCUT2D eigenvalue weighted by atomic mass is 16.1. The third kappa shape index (κ3) is 3.56. The molecule has 0 aromatic rings. The van der Waals surface area contributed by atoms with Gasteiger partial charge in [0.05, 0.1) is 0 Å². The van der Waals surface area contributed by atoms with E-state index in [-0.39, 0.29) is 5.41 Å². The lowest BCUT2D eigenvalue weighted by molar-refractivity contribution is -0.116. The second-order valence-electron chi connectivity index (χ2n) is 5.56. The van der Waals surface area contributed by atoms with E-state index in [0.717, 1.165) is 32.3 Å². The predicted octanol–water partition coefficient (Wildman–Crippen LogP) is 1.63. The van der Waals surface area contributed by atoms with Crippen molar-refractivity contribution >= 4 is 6.29 Å². The van der Waals surface area contributed by atoms with Crippen molar-refractivity contribution in [1.82, 2.24) is 9.80 Å². The molecule has 3 heteroatoms. The summed E-state index contributed by atoms with van der Waals surface area (Å²) < 4.78 is 0. The molecule has 0 spiro atoms. The van der Waals surface area contributed by atoms with E-state index in [2.05, 4.69) is 37.6 Å². The summed E-state index contributed by atoms with van der Waals surface area (Å²) in [6.07, 6.45) is 3.27. The number of carbonyl (C=O) groups is 1. The number of nitrogens with zero attached hydrogens (tertiary/aromatic N) is 2. The number of hydrogen-bond donors (Lipinski definition) is 0. The molecule has 16 heavy (non-hydrogen) atoms. The van der Waals surface area contributed by atoms with Crippen molar-refractivity contribution in [3.8, 4) is 0 Å². The van der Waals surface area contributed by atoms with Crippen molar-refractivity contribution in [2.24, 2.45) is 5.41 Å². The molecule has 1 rings (SSSR count). The molecule has 0 amide bonds. The van der Waals surface area contributed by atoms with Crippen LogP contribution in [-0.2, 0) is 4.79 Å². The Morgan fingerprint density at radius 2 is 2.12 bits per heavy atom. The van der Waals surface area contributed by atoms with E-state index in [9.17, 15) is 4.79 Å². The van der Waals surface area contributed by atoms with E-state index in [1.807, 2.05) is 0 Å². The fourth-order valence-corrected chi connectivity index (χ4v) is 2.35. The van der Waals surface area contributed by atoms with E-state index < -0.39 is 0 Å². The minimum atomic E-state index is -0.169. The maximum absolute atomic E-state index is 11.2. The van der Waals surface area contributed by atoms with Gasteiger partial charge in [-0.05, 0) is 39.9 Å². The van der Waals surface area contributed by atoms with Crippen LogP contribution in [-0.4, -0.2) is 55.4 Å². The Kier molecular flexibility index (Phi) is 4.93. The minimum Gasteiger partial charge on any atom is -0.305 e. The highest BCUT2D eigenvalue weighted by Gasteiger charge is 2.28. The van der Waals surface area contributed by atoms with Gasteiger partial charge in [-0.2, -0.15) is 0 Å². The van der Waals surface area contributed by atoms with Crippen LogP contribution in [0.5, 0.6) is 0 Å². The smallest absolute Gasteiger partial charge is 0.127 e. The third-order valence-corrected chi connectivity index (χ3v) is 3.84. The van der Waals surface area contributed by atoms with Crippen LogP contribution in [0.25, 0.3) is 0 Å². The second kappa shape index (κ2) is 5.78. The maximum Gasteiger partial charge on any atom is 0.127 e. The van der Waals surface area contributed by atoms with E-state index in [0.29, 0.717) is 6.04 Å². The molecule has 1 saturated heterocycles. The van der Waals surface area contributed by atoms with Crippen LogP contribution in [0.1, 0.15) is 33.6 Å². The average molecular weight is 226 g/mol. The van der Waals surface area contributed by atoms with Gasteiger partial charge in [0.15, 0.2) is 0 Å². The molecule has 2 unspecified atom stereocenters. The largest absolute Gasteiger partial charge is 0.305 e. The maximum atomic E-state index is 11.2. The van der Waals surface area contributed by atoms with Crippen LogP contribution < -0.4 is 0 Å². The topological polar surface area (TPSA) is 23.6 Å². The second-order valence-corrected chi connectivity index (χ2v) is 5.56. The molecule has 94 valence electrons. The monoisotopic (exact) mass is 226 g/mol. The van der Waals surface area contributed by atoms with Crippen molar-refractivity contribution in [2.45, 2.75) is 39.7 Å². The summed E-state index contributed by atoms with van der Waals surface area (Å²) in [6.45, 7) is 10.7. The third-order valence-electron chi connectivity index (χ3n) is 3.84. The zero-order valence-corrected chi connectivity index (χ0v) is 11.2. The molecule has 1 aliphatic rings. The highest BCUT2D eigenvalue weighted by molar-refractivity contribution is 5.58. The summed E-state index contributed by atoms with van der Waals surface area (Å²) in [7, 11) is 2.18. The van der Waals surface area contributed by atoms with Gasteiger partial charge in [0.1, 0.15) is 6.29 Å². The first-order valence-corrected chi connectivity index (χ1v) is 6.39. The van der Waals surface area contributed by atoms with Crippen molar-refractivity contribution in [2.75, 3.05) is 33.2 Å². The summed E-state index contributed by atoms with van der Waals surface area (Å²) in [5.41, 5.74) is -0.169. The molecule has 1 fully saturated rings. The van der Waals surface area contributed by atoms with Crippen LogP contribution in [0.4, 0.5) is 0 Å². The highest BCUT2D eigenvalue weighted by Crippen LogP contribution is 2.22. The van der Waals surface area contributed by atoms with E-state index in [4.69, 9.17) is 0 Å². The molecule has 0 aromatic carbocycles. The van der Waals surface area contributed by atoms with Crippen molar-refractivity contribution in [3.05, 3.63) is 0 Å². The Balaban J connectivity index is 2.61. The van der Waals surface area contributed by atoms with Gasteiger partial charge < -0.3 is 9.69 Å². The lowest BCUT2D eigenvalue weighted by Gasteiger charge is -2.34. The molecule has 0 aliphatic carbocycles. The van der Waals surface area contributed by atoms with Gasteiger partial charge in [0.2, 0.25) is 0 Å². The normalized spacial score (nSPS) is 28.4.